The van der Waals surface area contributed by atoms with E-state index in [0.717, 1.165) is 12.1 Å². The molecule has 0 saturated heterocycles. The molecule has 37 heavy (non-hydrogen) atoms. The summed E-state index contributed by atoms with van der Waals surface area (Å²) >= 11 is 0. The van der Waals surface area contributed by atoms with Crippen molar-refractivity contribution in [2.24, 2.45) is 0 Å². The van der Waals surface area contributed by atoms with Crippen LogP contribution in [0.5, 0.6) is 11.5 Å². The lowest BCUT2D eigenvalue weighted by Crippen LogP contribution is -2.44. The van der Waals surface area contributed by atoms with Gasteiger partial charge in [0.2, 0.25) is 6.79 Å². The summed E-state index contributed by atoms with van der Waals surface area (Å²) in [5, 5.41) is 11.7. The molecule has 0 bridgehead atoms. The Labute approximate surface area is 207 Å². The second-order valence-electron chi connectivity index (χ2n) is 9.27. The van der Waals surface area contributed by atoms with Gasteiger partial charge in [-0.3, -0.25) is 4.79 Å². The highest BCUT2D eigenvalue weighted by molar-refractivity contribution is 6.01. The van der Waals surface area contributed by atoms with Gasteiger partial charge in [-0.25, -0.2) is 18.6 Å². The van der Waals surface area contributed by atoms with Crippen molar-refractivity contribution in [1.82, 2.24) is 9.55 Å². The first-order valence-corrected chi connectivity index (χ1v) is 11.7. The van der Waals surface area contributed by atoms with Crippen LogP contribution in [0.1, 0.15) is 30.0 Å². The summed E-state index contributed by atoms with van der Waals surface area (Å²) in [5.41, 5.74) is 0.920. The number of hydrogen-bond donors (Lipinski definition) is 1. The van der Waals surface area contributed by atoms with Gasteiger partial charge in [0.15, 0.2) is 28.7 Å². The third-order valence-electron chi connectivity index (χ3n) is 7.39. The summed E-state index contributed by atoms with van der Waals surface area (Å²) < 4.78 is 45.9. The number of ether oxygens (including phenoxy) is 3. The molecule has 10 heteroatoms. The number of cyclic esters (lactones) is 1. The van der Waals surface area contributed by atoms with Crippen molar-refractivity contribution in [1.29, 1.82) is 0 Å². The number of aromatic nitrogens is 2. The Kier molecular flexibility index (Phi) is 4.36. The van der Waals surface area contributed by atoms with E-state index >= 15 is 0 Å². The topological polar surface area (TPSA) is 99.9 Å². The number of fused-ring (bicyclic) bond motifs is 6. The second-order valence-corrected chi connectivity index (χ2v) is 9.27. The van der Waals surface area contributed by atoms with Crippen LogP contribution in [0.15, 0.2) is 41.2 Å². The van der Waals surface area contributed by atoms with Gasteiger partial charge < -0.3 is 23.9 Å². The van der Waals surface area contributed by atoms with Crippen LogP contribution in [-0.4, -0.2) is 27.4 Å². The van der Waals surface area contributed by atoms with Crippen molar-refractivity contribution in [3.63, 3.8) is 0 Å². The summed E-state index contributed by atoms with van der Waals surface area (Å²) in [4.78, 5) is 30.9. The van der Waals surface area contributed by atoms with Gasteiger partial charge >= 0.3 is 5.97 Å². The largest absolute Gasteiger partial charge is 0.458 e. The number of benzene rings is 2. The van der Waals surface area contributed by atoms with E-state index in [1.54, 1.807) is 25.1 Å². The van der Waals surface area contributed by atoms with Crippen molar-refractivity contribution >= 4 is 16.9 Å². The molecule has 186 valence electrons. The summed E-state index contributed by atoms with van der Waals surface area (Å²) in [6.45, 7) is 1.52. The van der Waals surface area contributed by atoms with Gasteiger partial charge in [-0.15, -0.1) is 0 Å². The standard InChI is InChI=1S/C27H18F2N2O6/c1-2-27(34)16-7-20-24-14(9-31(20)25(32)15(16)10-35-26(27)33)23(12-3-4-17(28)18(29)5-12)13-6-21-22(37-11-36-21)8-19(13)30-24/h3-8,34H,2,9-11H2,1H3/t27-/m0/s1. The van der Waals surface area contributed by atoms with Gasteiger partial charge in [0.25, 0.3) is 5.56 Å². The van der Waals surface area contributed by atoms with E-state index < -0.39 is 28.8 Å². The molecule has 0 unspecified atom stereocenters. The molecule has 7 rings (SSSR count). The molecule has 0 fully saturated rings. The zero-order valence-corrected chi connectivity index (χ0v) is 19.4. The molecule has 2 aromatic heterocycles. The lowest BCUT2D eigenvalue weighted by atomic mass is 9.86. The quantitative estimate of drug-likeness (QED) is 0.366. The number of halogens is 2. The highest BCUT2D eigenvalue weighted by Gasteiger charge is 2.45. The zero-order chi connectivity index (χ0) is 25.6. The Balaban J connectivity index is 1.56. The summed E-state index contributed by atoms with van der Waals surface area (Å²) in [5.74, 6) is -1.83. The Morgan fingerprint density at radius 1 is 1.03 bits per heavy atom. The fourth-order valence-corrected chi connectivity index (χ4v) is 5.45. The smallest absolute Gasteiger partial charge is 0.343 e. The van der Waals surface area contributed by atoms with Crippen LogP contribution >= 0.6 is 0 Å². The zero-order valence-electron chi connectivity index (χ0n) is 19.4. The molecule has 0 spiro atoms. The van der Waals surface area contributed by atoms with Crippen molar-refractivity contribution in [2.45, 2.75) is 32.1 Å². The van der Waals surface area contributed by atoms with Crippen molar-refractivity contribution in [3.8, 4) is 34.0 Å². The molecule has 0 aliphatic carbocycles. The molecule has 1 atom stereocenters. The maximum Gasteiger partial charge on any atom is 0.343 e. The number of carbonyl (C=O) groups is 1. The van der Waals surface area contributed by atoms with E-state index in [1.165, 1.54) is 10.6 Å². The number of nitrogens with zero attached hydrogens (tertiary/aromatic N) is 2. The predicted molar refractivity (Wildman–Crippen MR) is 126 cm³/mol. The lowest BCUT2D eigenvalue weighted by Gasteiger charge is -2.31. The first-order valence-electron chi connectivity index (χ1n) is 11.7. The first kappa shape index (κ1) is 21.9. The summed E-state index contributed by atoms with van der Waals surface area (Å²) in [7, 11) is 0. The first-order chi connectivity index (χ1) is 17.8. The number of aliphatic hydroxyl groups is 1. The third-order valence-corrected chi connectivity index (χ3v) is 7.39. The summed E-state index contributed by atoms with van der Waals surface area (Å²) in [6.07, 6.45) is 0.0172. The number of esters is 1. The monoisotopic (exact) mass is 504 g/mol. The Morgan fingerprint density at radius 2 is 1.81 bits per heavy atom. The molecule has 2 aromatic carbocycles. The predicted octanol–water partition coefficient (Wildman–Crippen LogP) is 3.75. The van der Waals surface area contributed by atoms with Gasteiger partial charge in [0, 0.05) is 22.6 Å². The molecule has 8 nitrogen and oxygen atoms in total. The van der Waals surface area contributed by atoms with E-state index in [1.807, 2.05) is 0 Å². The van der Waals surface area contributed by atoms with Crippen LogP contribution in [-0.2, 0) is 28.3 Å². The lowest BCUT2D eigenvalue weighted by molar-refractivity contribution is -0.172. The van der Waals surface area contributed by atoms with Crippen LogP contribution in [0.25, 0.3) is 33.4 Å². The van der Waals surface area contributed by atoms with Gasteiger partial charge in [0.05, 0.1) is 29.0 Å². The van der Waals surface area contributed by atoms with Gasteiger partial charge in [-0.05, 0) is 41.8 Å². The molecule has 5 heterocycles. The Hall–Kier alpha value is -4.31. The molecule has 0 radical (unpaired) electrons. The second kappa shape index (κ2) is 7.36. The van der Waals surface area contributed by atoms with E-state index in [4.69, 9.17) is 19.2 Å². The number of pyridine rings is 2. The molecule has 3 aliphatic heterocycles. The Morgan fingerprint density at radius 3 is 2.57 bits per heavy atom. The SMILES string of the molecule is CC[C@@]1(O)C(=O)OCc2c1cc1n(c2=O)Cc2c-1nc1cc3c(cc1c2-c1ccc(F)c(F)c1)OCO3. The van der Waals surface area contributed by atoms with Gasteiger partial charge in [-0.1, -0.05) is 13.0 Å². The van der Waals surface area contributed by atoms with E-state index in [2.05, 4.69) is 0 Å². The normalized spacial score (nSPS) is 19.0. The molecule has 1 N–H and O–H groups in total. The number of rotatable bonds is 2. The minimum absolute atomic E-state index is 0.0172. The maximum atomic E-state index is 14.4. The van der Waals surface area contributed by atoms with E-state index in [9.17, 15) is 23.5 Å². The molecule has 0 amide bonds. The fourth-order valence-electron chi connectivity index (χ4n) is 5.45. The highest BCUT2D eigenvalue weighted by Crippen LogP contribution is 2.46. The van der Waals surface area contributed by atoms with Crippen LogP contribution < -0.4 is 15.0 Å². The average molecular weight is 504 g/mol. The minimum Gasteiger partial charge on any atom is -0.458 e. The minimum atomic E-state index is -1.96. The molecular formula is C27H18F2N2O6. The van der Waals surface area contributed by atoms with Gasteiger partial charge in [-0.2, -0.15) is 0 Å². The number of carbonyl (C=O) groups excluding carboxylic acids is 1. The fraction of sp³-hybridized carbons (Fsp3) is 0.222. The summed E-state index contributed by atoms with van der Waals surface area (Å²) in [6, 6.07) is 8.66. The van der Waals surface area contributed by atoms with Crippen LogP contribution in [0.3, 0.4) is 0 Å². The van der Waals surface area contributed by atoms with E-state index in [-0.39, 0.29) is 37.5 Å². The molecule has 0 saturated carbocycles. The van der Waals surface area contributed by atoms with Crippen LogP contribution in [0, 0.1) is 11.6 Å². The van der Waals surface area contributed by atoms with Crippen LogP contribution in [0.4, 0.5) is 8.78 Å². The highest BCUT2D eigenvalue weighted by atomic mass is 19.2. The van der Waals surface area contributed by atoms with Crippen LogP contribution in [0.2, 0.25) is 0 Å². The number of hydrogen-bond acceptors (Lipinski definition) is 7. The van der Waals surface area contributed by atoms with E-state index in [0.29, 0.717) is 50.5 Å². The Bertz CT molecular complexity index is 1770. The van der Waals surface area contributed by atoms with Crippen molar-refractivity contribution in [2.75, 3.05) is 6.79 Å². The average Bonchev–Trinajstić information content (AvgIpc) is 3.50. The van der Waals surface area contributed by atoms with Gasteiger partial charge in [0.1, 0.15) is 6.61 Å². The van der Waals surface area contributed by atoms with Crippen molar-refractivity contribution < 1.29 is 32.9 Å². The molecular weight excluding hydrogens is 486 g/mol. The third kappa shape index (κ3) is 2.87. The van der Waals surface area contributed by atoms with Crippen molar-refractivity contribution in [3.05, 3.63) is 75.1 Å². The molecule has 4 aromatic rings. The maximum absolute atomic E-state index is 14.4. The molecule has 3 aliphatic rings.